The second-order valence-electron chi connectivity index (χ2n) is 1.09. The van der Waals surface area contributed by atoms with Crippen LogP contribution in [-0.2, 0) is 4.74 Å². The first-order chi connectivity index (χ1) is 4.41. The lowest BCUT2D eigenvalue weighted by Gasteiger charge is -1.94. The summed E-state index contributed by atoms with van der Waals surface area (Å²) in [4.78, 5) is 0. The van der Waals surface area contributed by atoms with Gasteiger partial charge in [0.25, 0.3) is 0 Å². The molecule has 9 heavy (non-hydrogen) atoms. The molecule has 0 heterocycles. The minimum Gasteiger partial charge on any atom is -0.379 e. The maximum Gasteiger partial charge on any atom is 0.0602 e. The first-order valence-corrected chi connectivity index (χ1v) is 3.79. The maximum atomic E-state index is 5.27. The number of hydrogen-bond donors (Lipinski definition) is 1. The van der Waals surface area contributed by atoms with Gasteiger partial charge in [0.15, 0.2) is 0 Å². The van der Waals surface area contributed by atoms with Crippen LogP contribution in [0.5, 0.6) is 0 Å². The van der Waals surface area contributed by atoms with Crippen molar-refractivity contribution >= 4 is 11.6 Å². The molecule has 0 bridgehead atoms. The quantitative estimate of drug-likeness (QED) is 0.487. The van der Waals surface area contributed by atoms with Crippen LogP contribution in [0.15, 0.2) is 0 Å². The predicted molar refractivity (Wildman–Crippen MR) is 41.9 cm³/mol. The molecule has 0 unspecified atom stereocenters. The molecule has 0 atom stereocenters. The van der Waals surface area contributed by atoms with E-state index >= 15 is 0 Å². The molecule has 0 saturated carbocycles. The van der Waals surface area contributed by atoms with Gasteiger partial charge < -0.3 is 10.5 Å². The molecule has 2 N–H and O–H groups in total. The van der Waals surface area contributed by atoms with Crippen molar-refractivity contribution in [1.82, 2.24) is 0 Å². The molecule has 0 rings (SSSR count). The molecule has 0 saturated heterocycles. The van der Waals surface area contributed by atoms with Crippen molar-refractivity contribution in [3.8, 4) is 0 Å². The molecule has 0 radical (unpaired) electrons. The summed E-state index contributed by atoms with van der Waals surface area (Å²) in [6, 6.07) is 0. The third-order valence-electron chi connectivity index (χ3n) is 0.484. The average molecular weight is 154 g/mol. The Hall–Kier alpha value is 0.210. The van der Waals surface area contributed by atoms with Gasteiger partial charge in [-0.1, -0.05) is 13.8 Å². The summed E-state index contributed by atoms with van der Waals surface area (Å²) >= 11 is 5.27. The van der Waals surface area contributed by atoms with Crippen molar-refractivity contribution in [2.24, 2.45) is 5.73 Å². The van der Waals surface area contributed by atoms with E-state index in [9.17, 15) is 0 Å². The number of nitrogens with two attached hydrogens (primary N) is 1. The number of alkyl halides is 1. The van der Waals surface area contributed by atoms with Gasteiger partial charge in [-0.25, -0.2) is 0 Å². The van der Waals surface area contributed by atoms with Crippen LogP contribution in [-0.4, -0.2) is 25.6 Å². The second-order valence-corrected chi connectivity index (χ2v) is 1.47. The van der Waals surface area contributed by atoms with Gasteiger partial charge in [0.2, 0.25) is 0 Å². The third-order valence-corrected chi connectivity index (χ3v) is 0.638. The molecule has 0 aromatic carbocycles. The van der Waals surface area contributed by atoms with Gasteiger partial charge in [0, 0.05) is 12.4 Å². The SMILES string of the molecule is CC.NCCOCCCl. The lowest BCUT2D eigenvalue weighted by molar-refractivity contribution is 0.157. The van der Waals surface area contributed by atoms with E-state index < -0.39 is 0 Å². The molecule has 0 aromatic rings. The standard InChI is InChI=1S/C4H10ClNO.C2H6/c5-1-3-7-4-2-6;1-2/h1-4,6H2;1-2H3. The zero-order valence-corrected chi connectivity index (χ0v) is 6.95. The lowest BCUT2D eigenvalue weighted by Crippen LogP contribution is -2.09. The molecule has 0 aliphatic rings. The van der Waals surface area contributed by atoms with E-state index in [1.165, 1.54) is 0 Å². The smallest absolute Gasteiger partial charge is 0.0602 e. The topological polar surface area (TPSA) is 35.2 Å². The van der Waals surface area contributed by atoms with Crippen molar-refractivity contribution in [1.29, 1.82) is 0 Å². The number of hydrogen-bond acceptors (Lipinski definition) is 2. The molecular formula is C6H16ClNO. The summed E-state index contributed by atoms with van der Waals surface area (Å²) in [5.41, 5.74) is 5.10. The minimum absolute atomic E-state index is 0.556. The van der Waals surface area contributed by atoms with E-state index in [0.717, 1.165) is 0 Å². The van der Waals surface area contributed by atoms with Crippen LogP contribution >= 0.6 is 11.6 Å². The fraction of sp³-hybridized carbons (Fsp3) is 1.00. The van der Waals surface area contributed by atoms with Gasteiger partial charge >= 0.3 is 0 Å². The Morgan fingerprint density at radius 3 is 2.22 bits per heavy atom. The molecule has 0 aliphatic carbocycles. The highest BCUT2D eigenvalue weighted by Crippen LogP contribution is 1.75. The molecule has 2 nitrogen and oxygen atoms in total. The molecule has 0 spiro atoms. The van der Waals surface area contributed by atoms with E-state index in [2.05, 4.69) is 0 Å². The van der Waals surface area contributed by atoms with Gasteiger partial charge in [-0.15, -0.1) is 11.6 Å². The summed E-state index contributed by atoms with van der Waals surface area (Å²) in [6.45, 7) is 5.81. The summed E-state index contributed by atoms with van der Waals surface area (Å²) in [5.74, 6) is 0.556. The van der Waals surface area contributed by atoms with E-state index in [0.29, 0.717) is 25.6 Å². The van der Waals surface area contributed by atoms with Crippen LogP contribution in [0.2, 0.25) is 0 Å². The third kappa shape index (κ3) is 17.9. The minimum atomic E-state index is 0.556. The molecular weight excluding hydrogens is 138 g/mol. The van der Waals surface area contributed by atoms with Crippen LogP contribution in [0, 0.1) is 0 Å². The predicted octanol–water partition coefficient (Wildman–Crippen LogP) is 1.23. The first-order valence-electron chi connectivity index (χ1n) is 3.25. The monoisotopic (exact) mass is 153 g/mol. The molecule has 58 valence electrons. The highest BCUT2D eigenvalue weighted by Gasteiger charge is 1.79. The number of rotatable bonds is 4. The van der Waals surface area contributed by atoms with Crippen LogP contribution < -0.4 is 5.73 Å². The van der Waals surface area contributed by atoms with Crippen molar-refractivity contribution in [3.63, 3.8) is 0 Å². The van der Waals surface area contributed by atoms with Gasteiger partial charge in [-0.2, -0.15) is 0 Å². The fourth-order valence-electron chi connectivity index (χ4n) is 0.240. The van der Waals surface area contributed by atoms with Crippen LogP contribution in [0.4, 0.5) is 0 Å². The molecule has 0 fully saturated rings. The Kier molecular flexibility index (Phi) is 20.9. The number of ether oxygens (including phenoxy) is 1. The largest absolute Gasteiger partial charge is 0.379 e. The van der Waals surface area contributed by atoms with Crippen LogP contribution in [0.3, 0.4) is 0 Å². The van der Waals surface area contributed by atoms with Gasteiger partial charge in [-0.3, -0.25) is 0 Å². The van der Waals surface area contributed by atoms with Gasteiger partial charge in [0.05, 0.1) is 13.2 Å². The Bertz CT molecular complexity index is 32.2. The van der Waals surface area contributed by atoms with E-state index in [1.54, 1.807) is 0 Å². The second kappa shape index (κ2) is 15.7. The lowest BCUT2D eigenvalue weighted by atomic mass is 10.7. The summed E-state index contributed by atoms with van der Waals surface area (Å²) in [7, 11) is 0. The summed E-state index contributed by atoms with van der Waals surface area (Å²) in [6.07, 6.45) is 0. The zero-order chi connectivity index (χ0) is 7.54. The van der Waals surface area contributed by atoms with Crippen LogP contribution in [0.1, 0.15) is 13.8 Å². The highest BCUT2D eigenvalue weighted by atomic mass is 35.5. The molecule has 0 aromatic heterocycles. The zero-order valence-electron chi connectivity index (χ0n) is 6.19. The first kappa shape index (κ1) is 11.9. The molecule has 0 amide bonds. The summed E-state index contributed by atoms with van der Waals surface area (Å²) < 4.78 is 4.88. The van der Waals surface area contributed by atoms with Crippen molar-refractivity contribution in [2.45, 2.75) is 13.8 Å². The van der Waals surface area contributed by atoms with Crippen LogP contribution in [0.25, 0.3) is 0 Å². The Balaban J connectivity index is 0. The Labute approximate surface area is 62.3 Å². The Morgan fingerprint density at radius 1 is 1.33 bits per heavy atom. The number of halogens is 1. The van der Waals surface area contributed by atoms with Gasteiger partial charge in [-0.05, 0) is 0 Å². The molecule has 3 heteroatoms. The van der Waals surface area contributed by atoms with Crippen molar-refractivity contribution in [2.75, 3.05) is 25.6 Å². The van der Waals surface area contributed by atoms with Gasteiger partial charge in [0.1, 0.15) is 0 Å². The Morgan fingerprint density at radius 2 is 1.89 bits per heavy atom. The van der Waals surface area contributed by atoms with Crippen molar-refractivity contribution < 1.29 is 4.74 Å². The van der Waals surface area contributed by atoms with E-state index in [-0.39, 0.29) is 0 Å². The van der Waals surface area contributed by atoms with E-state index in [4.69, 9.17) is 22.1 Å². The average Bonchev–Trinajstić information content (AvgIpc) is 1.94. The summed E-state index contributed by atoms with van der Waals surface area (Å²) in [5, 5.41) is 0. The fourth-order valence-corrected chi connectivity index (χ4v) is 0.349. The maximum absolute atomic E-state index is 5.27. The van der Waals surface area contributed by atoms with Crippen molar-refractivity contribution in [3.05, 3.63) is 0 Å². The molecule has 0 aliphatic heterocycles. The highest BCUT2D eigenvalue weighted by molar-refractivity contribution is 6.17. The normalized spacial score (nSPS) is 8.00. The van der Waals surface area contributed by atoms with E-state index in [1.807, 2.05) is 13.8 Å².